The first-order valence-electron chi connectivity index (χ1n) is 26.2. The van der Waals surface area contributed by atoms with Gasteiger partial charge < -0.3 is 43.9 Å². The van der Waals surface area contributed by atoms with Gasteiger partial charge in [-0.25, -0.2) is 0 Å². The van der Waals surface area contributed by atoms with Gasteiger partial charge in [0.25, 0.3) is 11.8 Å². The van der Waals surface area contributed by atoms with Crippen LogP contribution in [0.3, 0.4) is 0 Å². The van der Waals surface area contributed by atoms with Crippen molar-refractivity contribution in [1.82, 2.24) is 9.80 Å². The molecule has 6 aromatic rings. The highest BCUT2D eigenvalue weighted by molar-refractivity contribution is 6.19. The molecular formula is C61H60ClN3O12. The van der Waals surface area contributed by atoms with Crippen LogP contribution in [0.2, 0.25) is 0 Å². The van der Waals surface area contributed by atoms with E-state index < -0.39 is 5.97 Å². The number of phenolic OH excluding ortho intramolecular Hbond substituents is 1. The number of methoxy groups -OCH3 is 2. The number of hydrogen-bond acceptors (Lipinski definition) is 11. The number of rotatable bonds is 13. The first-order valence-corrected chi connectivity index (χ1v) is 26.7. The monoisotopic (exact) mass is 1060 g/mol. The summed E-state index contributed by atoms with van der Waals surface area (Å²) in [5, 5.41) is 21.4. The number of Topliss-reactive ketones (excluding diaryl/α,β-unsaturated/α-hetero) is 2. The van der Waals surface area contributed by atoms with Crippen molar-refractivity contribution in [2.24, 2.45) is 0 Å². The van der Waals surface area contributed by atoms with Crippen LogP contribution >= 0.6 is 11.6 Å². The normalized spacial score (nSPS) is 18.6. The topological polar surface area (TPSA) is 190 Å². The number of amides is 3. The maximum atomic E-state index is 13.7. The molecule has 5 aliphatic heterocycles. The predicted molar refractivity (Wildman–Crippen MR) is 289 cm³/mol. The van der Waals surface area contributed by atoms with Crippen molar-refractivity contribution in [2.75, 3.05) is 44.6 Å². The SMILES string of the molecule is COc1cc2c(cc1OCc1cccc(CC(=O)N3C[C@@H](CCl)c4c3cc(O)c3ccccc43)c1)CC(=O)[C@@H]1CCCCN1C2=O.COc1cc2c(cc1OCc1cccc(CC(=O)O)c1)CC(=O)[C@@H]1CCCCN1C2=O. The van der Waals surface area contributed by atoms with Gasteiger partial charge in [-0.3, -0.25) is 28.8 Å². The number of carbonyl (C=O) groups is 6. The van der Waals surface area contributed by atoms with E-state index in [1.807, 2.05) is 54.6 Å². The number of carbonyl (C=O) groups excluding carboxylic acids is 5. The summed E-state index contributed by atoms with van der Waals surface area (Å²) < 4.78 is 23.2. The number of aromatic hydroxyl groups is 1. The van der Waals surface area contributed by atoms with E-state index in [1.165, 1.54) is 14.2 Å². The van der Waals surface area contributed by atoms with E-state index in [9.17, 15) is 33.9 Å². The number of benzene rings is 6. The molecule has 5 aliphatic rings. The Morgan fingerprint density at radius 1 is 0.610 bits per heavy atom. The summed E-state index contributed by atoms with van der Waals surface area (Å²) >= 11 is 6.36. The van der Waals surface area contributed by atoms with Crippen molar-refractivity contribution >= 4 is 63.3 Å². The minimum absolute atomic E-state index is 0.0337. The highest BCUT2D eigenvalue weighted by Gasteiger charge is 2.39. The quantitative estimate of drug-likeness (QED) is 0.105. The number of phenols is 1. The summed E-state index contributed by atoms with van der Waals surface area (Å²) in [5.74, 6) is 1.11. The molecule has 3 atom stereocenters. The standard InChI is InChI=1S/C37H35ClN2O6.C24H25NO6/c1-45-33-17-28-24(15-32(42)29-11-4-5-12-39(29)37(28)44)16-34(33)46-21-23-8-6-7-22(13-23)14-35(43)40-20-25(19-38)36-27-10-3-2-9-26(27)31(41)18-30(36)40;1-30-21-13-18-17(11-20(26)19-7-2-3-8-25(19)24(18)29)12-22(21)31-14-16-6-4-5-15(9-16)10-23(27)28/h2-3,6-10,13,16-18,25,29,41H,4-5,11-12,14-15,19-21H2,1H3;4-6,9,12-13,19H,2-3,7-8,10-11,14H2,1H3,(H,27,28)/t25-,29+;19-/m10/s1. The Morgan fingerprint density at radius 3 is 1.62 bits per heavy atom. The fourth-order valence-electron chi connectivity index (χ4n) is 11.6. The largest absolute Gasteiger partial charge is 0.507 e. The van der Waals surface area contributed by atoms with E-state index in [-0.39, 0.29) is 91.9 Å². The van der Waals surface area contributed by atoms with Gasteiger partial charge in [0.1, 0.15) is 19.0 Å². The molecule has 16 heteroatoms. The Kier molecular flexibility index (Phi) is 15.5. The molecule has 11 rings (SSSR count). The number of hydrogen-bond donors (Lipinski definition) is 2. The summed E-state index contributed by atoms with van der Waals surface area (Å²) in [7, 11) is 3.04. The molecule has 77 heavy (non-hydrogen) atoms. The zero-order chi connectivity index (χ0) is 53.9. The van der Waals surface area contributed by atoms with Crippen molar-refractivity contribution in [3.63, 3.8) is 0 Å². The third-order valence-electron chi connectivity index (χ3n) is 15.4. The lowest BCUT2D eigenvalue weighted by Gasteiger charge is -2.33. The zero-order valence-electron chi connectivity index (χ0n) is 43.1. The van der Waals surface area contributed by atoms with Gasteiger partial charge >= 0.3 is 5.97 Å². The predicted octanol–water partition coefficient (Wildman–Crippen LogP) is 9.19. The molecule has 2 saturated heterocycles. The third-order valence-corrected chi connectivity index (χ3v) is 15.7. The number of halogens is 1. The average molecular weight is 1060 g/mol. The molecule has 0 aromatic heterocycles. The molecule has 0 saturated carbocycles. The van der Waals surface area contributed by atoms with E-state index in [1.54, 1.807) is 63.2 Å². The van der Waals surface area contributed by atoms with Crippen LogP contribution in [0.25, 0.3) is 10.8 Å². The summed E-state index contributed by atoms with van der Waals surface area (Å²) in [6.07, 6.45) is 5.60. The van der Waals surface area contributed by atoms with Crippen LogP contribution < -0.4 is 23.8 Å². The van der Waals surface area contributed by atoms with E-state index >= 15 is 0 Å². The van der Waals surface area contributed by atoms with E-state index in [0.717, 1.165) is 58.7 Å². The van der Waals surface area contributed by atoms with Crippen LogP contribution in [0.5, 0.6) is 28.7 Å². The highest BCUT2D eigenvalue weighted by Crippen LogP contribution is 2.46. The number of alkyl halides is 1. The lowest BCUT2D eigenvalue weighted by molar-refractivity contribution is -0.136. The number of nitrogens with zero attached hydrogens (tertiary/aromatic N) is 3. The lowest BCUT2D eigenvalue weighted by Crippen LogP contribution is -2.46. The molecule has 3 amide bonds. The lowest BCUT2D eigenvalue weighted by atomic mass is 9.95. The summed E-state index contributed by atoms with van der Waals surface area (Å²) in [6.45, 7) is 2.05. The van der Waals surface area contributed by atoms with Crippen molar-refractivity contribution < 1.29 is 57.9 Å². The number of ketones is 2. The van der Waals surface area contributed by atoms with Crippen LogP contribution in [0, 0.1) is 0 Å². The second kappa shape index (κ2) is 22.7. The minimum Gasteiger partial charge on any atom is -0.507 e. The Labute approximate surface area is 451 Å². The van der Waals surface area contributed by atoms with Crippen molar-refractivity contribution in [2.45, 2.75) is 95.4 Å². The maximum Gasteiger partial charge on any atom is 0.307 e. The van der Waals surface area contributed by atoms with Gasteiger partial charge in [0.2, 0.25) is 5.91 Å². The first kappa shape index (κ1) is 52.5. The van der Waals surface area contributed by atoms with E-state index in [4.69, 9.17) is 35.7 Å². The number of aliphatic carboxylic acids is 1. The first-order chi connectivity index (χ1) is 37.3. The average Bonchev–Trinajstić information content (AvgIpc) is 3.80. The van der Waals surface area contributed by atoms with Gasteiger partial charge in [0.15, 0.2) is 34.6 Å². The van der Waals surface area contributed by atoms with Gasteiger partial charge in [-0.15, -0.1) is 11.6 Å². The van der Waals surface area contributed by atoms with Crippen LogP contribution in [0.1, 0.15) is 104 Å². The zero-order valence-corrected chi connectivity index (χ0v) is 43.8. The number of piperidine rings is 2. The summed E-state index contributed by atoms with van der Waals surface area (Å²) in [4.78, 5) is 82.2. The Hall–Kier alpha value is -7.91. The molecular weight excluding hydrogens is 1000 g/mol. The van der Waals surface area contributed by atoms with Gasteiger partial charge in [-0.2, -0.15) is 0 Å². The third kappa shape index (κ3) is 10.9. The number of carboxylic acids is 1. The van der Waals surface area contributed by atoms with E-state index in [2.05, 4.69) is 0 Å². The number of anilines is 1. The molecule has 0 unspecified atom stereocenters. The van der Waals surface area contributed by atoms with Crippen molar-refractivity contribution in [3.05, 3.63) is 153 Å². The second-order valence-electron chi connectivity index (χ2n) is 20.3. The smallest absolute Gasteiger partial charge is 0.307 e. The Bertz CT molecular complexity index is 3320. The van der Waals surface area contributed by atoms with Gasteiger partial charge in [-0.05, 0) is 107 Å². The number of fused-ring (bicyclic) bond motifs is 7. The molecule has 0 bridgehead atoms. The maximum absolute atomic E-state index is 13.7. The van der Waals surface area contributed by atoms with E-state index in [0.29, 0.717) is 94.9 Å². The molecule has 0 spiro atoms. The molecule has 0 radical (unpaired) electrons. The minimum atomic E-state index is -0.892. The molecule has 2 N–H and O–H groups in total. The number of carboxylic acid groups (broad SMARTS) is 1. The molecule has 2 fully saturated rings. The fraction of sp³-hybridized carbons (Fsp3) is 0.344. The highest BCUT2D eigenvalue weighted by atomic mass is 35.5. The van der Waals surface area contributed by atoms with Crippen LogP contribution in [-0.4, -0.2) is 107 Å². The summed E-state index contributed by atoms with van der Waals surface area (Å²) in [6, 6.07) is 30.3. The van der Waals surface area contributed by atoms with Crippen molar-refractivity contribution in [1.29, 1.82) is 0 Å². The van der Waals surface area contributed by atoms with Crippen LogP contribution in [-0.2, 0) is 58.1 Å². The Morgan fingerprint density at radius 2 is 1.12 bits per heavy atom. The number of ether oxygens (including phenoxy) is 4. The van der Waals surface area contributed by atoms with Gasteiger partial charge in [0, 0.05) is 66.9 Å². The fourth-order valence-corrected chi connectivity index (χ4v) is 11.8. The Balaban J connectivity index is 0.000000189. The molecule has 6 aromatic carbocycles. The van der Waals surface area contributed by atoms with Gasteiger partial charge in [0.05, 0.1) is 44.8 Å². The molecule has 5 heterocycles. The molecule has 15 nitrogen and oxygen atoms in total. The molecule has 398 valence electrons. The molecule has 0 aliphatic carbocycles. The van der Waals surface area contributed by atoms with Crippen LogP contribution in [0.15, 0.2) is 103 Å². The van der Waals surface area contributed by atoms with Gasteiger partial charge in [-0.1, -0.05) is 72.8 Å². The second-order valence-corrected chi connectivity index (χ2v) is 20.6. The summed E-state index contributed by atoms with van der Waals surface area (Å²) in [5.41, 5.74) is 7.18. The van der Waals surface area contributed by atoms with Crippen LogP contribution in [0.4, 0.5) is 5.69 Å². The van der Waals surface area contributed by atoms with Crippen molar-refractivity contribution in [3.8, 4) is 28.7 Å².